The lowest BCUT2D eigenvalue weighted by Crippen LogP contribution is -2.32. The SMILES string of the molecule is CC(C)C(C)CNC1CCC(C)(C)C1. The van der Waals surface area contributed by atoms with Crippen molar-refractivity contribution in [3.63, 3.8) is 0 Å². The molecule has 2 unspecified atom stereocenters. The number of rotatable bonds is 4. The molecule has 1 nitrogen and oxygen atoms in total. The van der Waals surface area contributed by atoms with Crippen molar-refractivity contribution in [2.45, 2.75) is 59.9 Å². The first-order valence-electron chi connectivity index (χ1n) is 6.14. The van der Waals surface area contributed by atoms with Gasteiger partial charge in [0.1, 0.15) is 0 Å². The number of nitrogens with one attached hydrogen (secondary N) is 1. The van der Waals surface area contributed by atoms with E-state index in [1.54, 1.807) is 0 Å². The Bertz CT molecular complexity index is 172. The maximum absolute atomic E-state index is 3.72. The lowest BCUT2D eigenvalue weighted by Gasteiger charge is -2.21. The highest BCUT2D eigenvalue weighted by Gasteiger charge is 2.30. The second-order valence-electron chi connectivity index (χ2n) is 6.23. The molecule has 0 radical (unpaired) electrons. The van der Waals surface area contributed by atoms with Crippen molar-refractivity contribution in [2.24, 2.45) is 17.3 Å². The van der Waals surface area contributed by atoms with E-state index < -0.39 is 0 Å². The third-order valence-corrected chi connectivity index (χ3v) is 3.84. The normalized spacial score (nSPS) is 28.3. The van der Waals surface area contributed by atoms with Gasteiger partial charge in [-0.05, 0) is 43.1 Å². The average molecular weight is 197 g/mol. The zero-order valence-corrected chi connectivity index (χ0v) is 10.6. The van der Waals surface area contributed by atoms with E-state index in [0.29, 0.717) is 5.41 Å². The minimum Gasteiger partial charge on any atom is -0.314 e. The molecule has 84 valence electrons. The molecule has 1 aliphatic rings. The van der Waals surface area contributed by atoms with Crippen LogP contribution in [-0.4, -0.2) is 12.6 Å². The third kappa shape index (κ3) is 3.61. The molecule has 0 amide bonds. The van der Waals surface area contributed by atoms with Crippen molar-refractivity contribution in [2.75, 3.05) is 6.54 Å². The fourth-order valence-corrected chi connectivity index (χ4v) is 2.20. The molecule has 0 spiro atoms. The lowest BCUT2D eigenvalue weighted by atomic mass is 9.91. The summed E-state index contributed by atoms with van der Waals surface area (Å²) in [5.74, 6) is 1.61. The maximum Gasteiger partial charge on any atom is 0.00724 e. The zero-order valence-electron chi connectivity index (χ0n) is 10.6. The summed E-state index contributed by atoms with van der Waals surface area (Å²) < 4.78 is 0. The summed E-state index contributed by atoms with van der Waals surface area (Å²) in [4.78, 5) is 0. The Labute approximate surface area is 89.7 Å². The highest BCUT2D eigenvalue weighted by Crippen LogP contribution is 2.36. The maximum atomic E-state index is 3.72. The summed E-state index contributed by atoms with van der Waals surface area (Å²) in [6.45, 7) is 12.9. The standard InChI is InChI=1S/C13H27N/c1-10(2)11(3)9-14-12-6-7-13(4,5)8-12/h10-12,14H,6-9H2,1-5H3. The van der Waals surface area contributed by atoms with Crippen LogP contribution in [0.15, 0.2) is 0 Å². The predicted octanol–water partition coefficient (Wildman–Crippen LogP) is 3.45. The van der Waals surface area contributed by atoms with Crippen LogP contribution in [0, 0.1) is 17.3 Å². The van der Waals surface area contributed by atoms with E-state index >= 15 is 0 Å². The van der Waals surface area contributed by atoms with Crippen LogP contribution in [0.3, 0.4) is 0 Å². The highest BCUT2D eigenvalue weighted by atomic mass is 14.9. The van der Waals surface area contributed by atoms with Gasteiger partial charge in [0.15, 0.2) is 0 Å². The molecule has 0 saturated heterocycles. The Morgan fingerprint density at radius 3 is 2.36 bits per heavy atom. The van der Waals surface area contributed by atoms with Gasteiger partial charge in [-0.3, -0.25) is 0 Å². The lowest BCUT2D eigenvalue weighted by molar-refractivity contribution is 0.339. The largest absolute Gasteiger partial charge is 0.314 e. The van der Waals surface area contributed by atoms with Crippen LogP contribution < -0.4 is 5.32 Å². The molecule has 14 heavy (non-hydrogen) atoms. The van der Waals surface area contributed by atoms with Crippen molar-refractivity contribution in [1.29, 1.82) is 0 Å². The smallest absolute Gasteiger partial charge is 0.00724 e. The summed E-state index contributed by atoms with van der Waals surface area (Å²) in [5.41, 5.74) is 0.582. The molecule has 0 aliphatic heterocycles. The van der Waals surface area contributed by atoms with E-state index in [-0.39, 0.29) is 0 Å². The molecule has 0 heterocycles. The van der Waals surface area contributed by atoms with Crippen LogP contribution in [0.1, 0.15) is 53.9 Å². The van der Waals surface area contributed by atoms with Gasteiger partial charge in [0.05, 0.1) is 0 Å². The molecule has 1 aliphatic carbocycles. The van der Waals surface area contributed by atoms with E-state index in [1.165, 1.54) is 25.8 Å². The summed E-state index contributed by atoms with van der Waals surface area (Å²) in [5, 5.41) is 3.72. The topological polar surface area (TPSA) is 12.0 Å². The van der Waals surface area contributed by atoms with Crippen LogP contribution in [0.5, 0.6) is 0 Å². The molecule has 1 rings (SSSR count). The molecule has 0 aromatic rings. The Hall–Kier alpha value is -0.0400. The zero-order chi connectivity index (χ0) is 10.8. The quantitative estimate of drug-likeness (QED) is 0.728. The van der Waals surface area contributed by atoms with Gasteiger partial charge in [-0.1, -0.05) is 34.6 Å². The summed E-state index contributed by atoms with van der Waals surface area (Å²) in [7, 11) is 0. The van der Waals surface area contributed by atoms with Gasteiger partial charge in [-0.2, -0.15) is 0 Å². The fraction of sp³-hybridized carbons (Fsp3) is 1.00. The van der Waals surface area contributed by atoms with Crippen LogP contribution in [0.2, 0.25) is 0 Å². The van der Waals surface area contributed by atoms with Crippen LogP contribution in [-0.2, 0) is 0 Å². The highest BCUT2D eigenvalue weighted by molar-refractivity contribution is 4.86. The number of hydrogen-bond donors (Lipinski definition) is 1. The van der Waals surface area contributed by atoms with Crippen molar-refractivity contribution in [1.82, 2.24) is 5.32 Å². The summed E-state index contributed by atoms with van der Waals surface area (Å²) in [6, 6.07) is 0.784. The van der Waals surface area contributed by atoms with E-state index in [2.05, 4.69) is 39.9 Å². The predicted molar refractivity (Wildman–Crippen MR) is 63.4 cm³/mol. The molecular weight excluding hydrogens is 170 g/mol. The Morgan fingerprint density at radius 2 is 1.93 bits per heavy atom. The van der Waals surface area contributed by atoms with E-state index in [0.717, 1.165) is 17.9 Å². The molecule has 0 aromatic heterocycles. The Kier molecular flexibility index (Phi) is 4.00. The molecule has 1 N–H and O–H groups in total. The molecule has 0 aromatic carbocycles. The minimum atomic E-state index is 0.582. The third-order valence-electron chi connectivity index (χ3n) is 3.84. The van der Waals surface area contributed by atoms with E-state index in [4.69, 9.17) is 0 Å². The number of hydrogen-bond acceptors (Lipinski definition) is 1. The first kappa shape index (κ1) is 12.0. The van der Waals surface area contributed by atoms with Crippen molar-refractivity contribution in [3.8, 4) is 0 Å². The van der Waals surface area contributed by atoms with E-state index in [9.17, 15) is 0 Å². The van der Waals surface area contributed by atoms with Crippen LogP contribution in [0.4, 0.5) is 0 Å². The van der Waals surface area contributed by atoms with E-state index in [1.807, 2.05) is 0 Å². The summed E-state index contributed by atoms with van der Waals surface area (Å²) in [6.07, 6.45) is 4.12. The van der Waals surface area contributed by atoms with Gasteiger partial charge < -0.3 is 5.32 Å². The molecule has 1 saturated carbocycles. The van der Waals surface area contributed by atoms with Crippen LogP contribution >= 0.6 is 0 Å². The van der Waals surface area contributed by atoms with Crippen molar-refractivity contribution >= 4 is 0 Å². The van der Waals surface area contributed by atoms with Gasteiger partial charge in [-0.25, -0.2) is 0 Å². The first-order valence-corrected chi connectivity index (χ1v) is 6.14. The summed E-state index contributed by atoms with van der Waals surface area (Å²) >= 11 is 0. The molecule has 0 bridgehead atoms. The second kappa shape index (κ2) is 4.65. The Morgan fingerprint density at radius 1 is 1.29 bits per heavy atom. The van der Waals surface area contributed by atoms with Crippen molar-refractivity contribution in [3.05, 3.63) is 0 Å². The molecule has 1 heteroatoms. The fourth-order valence-electron chi connectivity index (χ4n) is 2.20. The molecule has 1 fully saturated rings. The van der Waals surface area contributed by atoms with Gasteiger partial charge in [0.25, 0.3) is 0 Å². The van der Waals surface area contributed by atoms with Crippen LogP contribution in [0.25, 0.3) is 0 Å². The second-order valence-corrected chi connectivity index (χ2v) is 6.23. The van der Waals surface area contributed by atoms with Gasteiger partial charge in [-0.15, -0.1) is 0 Å². The minimum absolute atomic E-state index is 0.582. The van der Waals surface area contributed by atoms with Gasteiger partial charge >= 0.3 is 0 Å². The first-order chi connectivity index (χ1) is 6.41. The van der Waals surface area contributed by atoms with Crippen molar-refractivity contribution < 1.29 is 0 Å². The Balaban J connectivity index is 2.21. The molecule has 2 atom stereocenters. The monoisotopic (exact) mass is 197 g/mol. The average Bonchev–Trinajstić information content (AvgIpc) is 2.41. The van der Waals surface area contributed by atoms with Gasteiger partial charge in [0.2, 0.25) is 0 Å². The molecular formula is C13H27N. The van der Waals surface area contributed by atoms with Gasteiger partial charge in [0, 0.05) is 6.04 Å².